The van der Waals surface area contributed by atoms with Gasteiger partial charge >= 0.3 is 0 Å². The molecular formula is C20H25N5O2. The molecule has 0 radical (unpaired) electrons. The fraction of sp³-hybridized carbons (Fsp3) is 0.600. The first-order valence-electron chi connectivity index (χ1n) is 9.73. The highest BCUT2D eigenvalue weighted by molar-refractivity contribution is 5.95. The van der Waals surface area contributed by atoms with E-state index in [9.17, 15) is 4.79 Å². The molecule has 0 aliphatic heterocycles. The van der Waals surface area contributed by atoms with E-state index in [4.69, 9.17) is 4.74 Å². The molecule has 1 aromatic carbocycles. The van der Waals surface area contributed by atoms with Gasteiger partial charge in [-0.25, -0.2) is 0 Å². The molecule has 2 aromatic rings. The van der Waals surface area contributed by atoms with E-state index in [2.05, 4.69) is 20.7 Å². The predicted octanol–water partition coefficient (Wildman–Crippen LogP) is 2.92. The van der Waals surface area contributed by atoms with Gasteiger partial charge in [0, 0.05) is 5.69 Å². The first kappa shape index (κ1) is 16.7. The number of benzene rings is 1. The number of aromatic nitrogens is 4. The van der Waals surface area contributed by atoms with Crippen LogP contribution in [-0.2, 0) is 10.3 Å². The highest BCUT2D eigenvalue weighted by Gasteiger charge is 2.62. The summed E-state index contributed by atoms with van der Waals surface area (Å²) < 4.78 is 5.20. The molecule has 0 unspecified atom stereocenters. The zero-order chi connectivity index (χ0) is 18.6. The lowest BCUT2D eigenvalue weighted by Crippen LogP contribution is -2.60. The maximum atomic E-state index is 13.4. The predicted molar refractivity (Wildman–Crippen MR) is 99.3 cm³/mol. The maximum Gasteiger partial charge on any atom is 0.230 e. The van der Waals surface area contributed by atoms with Gasteiger partial charge in [0.1, 0.15) is 5.75 Å². The van der Waals surface area contributed by atoms with Crippen molar-refractivity contribution in [2.24, 2.45) is 17.3 Å². The summed E-state index contributed by atoms with van der Waals surface area (Å²) in [6, 6.07) is 7.54. The Kier molecular flexibility index (Phi) is 3.58. The Morgan fingerprint density at radius 1 is 1.19 bits per heavy atom. The smallest absolute Gasteiger partial charge is 0.230 e. The number of methoxy groups -OCH3 is 1. The van der Waals surface area contributed by atoms with Crippen LogP contribution >= 0.6 is 0 Å². The summed E-state index contributed by atoms with van der Waals surface area (Å²) in [7, 11) is 1.64. The van der Waals surface area contributed by atoms with Gasteiger partial charge in [0.05, 0.1) is 18.1 Å². The lowest BCUT2D eigenvalue weighted by atomic mass is 9.46. The van der Waals surface area contributed by atoms with E-state index >= 15 is 0 Å². The van der Waals surface area contributed by atoms with E-state index in [1.165, 1.54) is 6.42 Å². The summed E-state index contributed by atoms with van der Waals surface area (Å²) >= 11 is 0. The third kappa shape index (κ3) is 2.63. The Morgan fingerprint density at radius 3 is 2.48 bits per heavy atom. The van der Waals surface area contributed by atoms with Gasteiger partial charge in [-0.3, -0.25) is 4.79 Å². The molecule has 4 saturated carbocycles. The fourth-order valence-corrected chi connectivity index (χ4v) is 6.14. The van der Waals surface area contributed by atoms with Crippen molar-refractivity contribution in [2.75, 3.05) is 12.4 Å². The summed E-state index contributed by atoms with van der Waals surface area (Å²) in [5.41, 5.74) is 0.342. The molecule has 2 atom stereocenters. The number of tetrazole rings is 1. The highest BCUT2D eigenvalue weighted by atomic mass is 16.5. The third-order valence-corrected chi connectivity index (χ3v) is 6.80. The normalized spacial score (nSPS) is 33.9. The van der Waals surface area contributed by atoms with Gasteiger partial charge in [-0.1, -0.05) is 0 Å². The molecule has 7 heteroatoms. The van der Waals surface area contributed by atoms with Gasteiger partial charge < -0.3 is 10.1 Å². The number of hydrogen-bond donors (Lipinski definition) is 1. The molecule has 1 heterocycles. The third-order valence-electron chi connectivity index (χ3n) is 6.80. The number of rotatable bonds is 4. The molecular weight excluding hydrogens is 342 g/mol. The number of hydrogen-bond acceptors (Lipinski definition) is 5. The number of aryl methyl sites for hydroxylation is 1. The van der Waals surface area contributed by atoms with Crippen LogP contribution in [-0.4, -0.2) is 33.2 Å². The lowest BCUT2D eigenvalue weighted by Gasteiger charge is -2.60. The Balaban J connectivity index is 1.43. The molecule has 4 bridgehead atoms. The van der Waals surface area contributed by atoms with Crippen molar-refractivity contribution >= 4 is 11.6 Å². The second-order valence-corrected chi connectivity index (χ2v) is 8.77. The van der Waals surface area contributed by atoms with E-state index in [1.54, 1.807) is 7.11 Å². The number of amides is 1. The van der Waals surface area contributed by atoms with Gasteiger partial charge in [-0.05, 0) is 86.8 Å². The molecule has 1 N–H and O–H groups in total. The Morgan fingerprint density at radius 2 is 1.89 bits per heavy atom. The first-order valence-corrected chi connectivity index (χ1v) is 9.73. The van der Waals surface area contributed by atoms with Crippen molar-refractivity contribution in [1.82, 2.24) is 20.2 Å². The van der Waals surface area contributed by atoms with Gasteiger partial charge in [0.25, 0.3) is 0 Å². The largest absolute Gasteiger partial charge is 0.497 e. The van der Waals surface area contributed by atoms with Crippen LogP contribution in [0.3, 0.4) is 0 Å². The summed E-state index contributed by atoms with van der Waals surface area (Å²) in [6.07, 6.45) is 6.12. The monoisotopic (exact) mass is 367 g/mol. The quantitative estimate of drug-likeness (QED) is 0.898. The minimum Gasteiger partial charge on any atom is -0.497 e. The number of nitrogens with one attached hydrogen (secondary N) is 1. The molecule has 1 amide bonds. The molecule has 1 aromatic heterocycles. The van der Waals surface area contributed by atoms with Crippen LogP contribution in [0.4, 0.5) is 5.69 Å². The zero-order valence-electron chi connectivity index (χ0n) is 15.8. The van der Waals surface area contributed by atoms with E-state index in [1.807, 2.05) is 36.0 Å². The Hall–Kier alpha value is -2.44. The van der Waals surface area contributed by atoms with Gasteiger partial charge in [-0.2, -0.15) is 4.80 Å². The molecule has 142 valence electrons. The van der Waals surface area contributed by atoms with Gasteiger partial charge in [0.2, 0.25) is 5.91 Å². The maximum absolute atomic E-state index is 13.4. The summed E-state index contributed by atoms with van der Waals surface area (Å²) in [4.78, 5) is 15.2. The minimum atomic E-state index is -0.328. The minimum absolute atomic E-state index is 0.142. The van der Waals surface area contributed by atoms with Crippen molar-refractivity contribution in [2.45, 2.75) is 51.0 Å². The van der Waals surface area contributed by atoms with Crippen molar-refractivity contribution in [3.63, 3.8) is 0 Å². The van der Waals surface area contributed by atoms with Crippen LogP contribution in [0.2, 0.25) is 0 Å². The fourth-order valence-electron chi connectivity index (χ4n) is 6.14. The number of carbonyl (C=O) groups is 1. The van der Waals surface area contributed by atoms with Crippen molar-refractivity contribution in [3.05, 3.63) is 30.1 Å². The van der Waals surface area contributed by atoms with E-state index in [0.29, 0.717) is 17.7 Å². The van der Waals surface area contributed by atoms with Crippen molar-refractivity contribution in [1.29, 1.82) is 0 Å². The lowest BCUT2D eigenvalue weighted by molar-refractivity contribution is -0.152. The second-order valence-electron chi connectivity index (χ2n) is 8.77. The molecule has 4 aliphatic rings. The number of anilines is 1. The first-order chi connectivity index (χ1) is 13.0. The number of nitrogens with zero attached hydrogens (tertiary/aromatic N) is 4. The summed E-state index contributed by atoms with van der Waals surface area (Å²) in [5.74, 6) is 2.76. The van der Waals surface area contributed by atoms with E-state index < -0.39 is 0 Å². The van der Waals surface area contributed by atoms with Crippen LogP contribution in [0.25, 0.3) is 0 Å². The standard InChI is InChI=1S/C20H25N5O2/c1-13-22-24-25(23-13)20-10-14-7-15(11-20)9-19(8-14,12-20)18(26)21-16-3-5-17(27-2)6-4-16/h3-6,14-15H,7-12H2,1-2H3,(H,21,26)/t14-,15-,19?,20?/m0/s1. The molecule has 0 spiro atoms. The SMILES string of the molecule is COc1ccc(NC(=O)C23C[C@@H]4C[C@@H](C2)CC(n2nnc(C)n2)(C4)C3)cc1. The Labute approximate surface area is 158 Å². The number of ether oxygens (including phenoxy) is 1. The zero-order valence-corrected chi connectivity index (χ0v) is 15.8. The van der Waals surface area contributed by atoms with Gasteiger partial charge in [0.15, 0.2) is 5.82 Å². The van der Waals surface area contributed by atoms with E-state index in [-0.39, 0.29) is 16.9 Å². The van der Waals surface area contributed by atoms with Gasteiger partial charge in [-0.15, -0.1) is 10.2 Å². The second kappa shape index (κ2) is 5.78. The molecule has 7 nitrogen and oxygen atoms in total. The van der Waals surface area contributed by atoms with E-state index in [0.717, 1.165) is 43.5 Å². The van der Waals surface area contributed by atoms with Crippen LogP contribution in [0.15, 0.2) is 24.3 Å². The number of carbonyl (C=O) groups excluding carboxylic acids is 1. The van der Waals surface area contributed by atoms with Crippen molar-refractivity contribution < 1.29 is 9.53 Å². The molecule has 0 saturated heterocycles. The average molecular weight is 367 g/mol. The van der Waals surface area contributed by atoms with Crippen LogP contribution in [0.1, 0.15) is 44.3 Å². The molecule has 4 fully saturated rings. The summed E-state index contributed by atoms with van der Waals surface area (Å²) in [6.45, 7) is 1.87. The summed E-state index contributed by atoms with van der Waals surface area (Å²) in [5, 5.41) is 16.1. The Bertz CT molecular complexity index is 861. The molecule has 27 heavy (non-hydrogen) atoms. The molecule has 6 rings (SSSR count). The topological polar surface area (TPSA) is 81.9 Å². The van der Waals surface area contributed by atoms with Crippen LogP contribution in [0.5, 0.6) is 5.75 Å². The van der Waals surface area contributed by atoms with Crippen LogP contribution in [0, 0.1) is 24.2 Å². The highest BCUT2D eigenvalue weighted by Crippen LogP contribution is 2.64. The molecule has 4 aliphatic carbocycles. The average Bonchev–Trinajstić information content (AvgIpc) is 3.09. The van der Waals surface area contributed by atoms with Crippen LogP contribution < -0.4 is 10.1 Å². The van der Waals surface area contributed by atoms with Crippen molar-refractivity contribution in [3.8, 4) is 5.75 Å².